The molecule has 1 fully saturated rings. The number of aliphatic hydroxyl groups is 3. The van der Waals surface area contributed by atoms with E-state index in [1.807, 2.05) is 31.2 Å². The number of hydrogen-bond donors (Lipinski definition) is 3. The van der Waals surface area contributed by atoms with Crippen LogP contribution in [0.15, 0.2) is 48.5 Å². The molecule has 1 aliphatic heterocycles. The van der Waals surface area contributed by atoms with Crippen molar-refractivity contribution in [3.63, 3.8) is 0 Å². The molecule has 31 heavy (non-hydrogen) atoms. The molecular weight excluding hydrogens is 415 g/mol. The topological polar surface area (TPSA) is 69.9 Å². The highest BCUT2D eigenvalue weighted by molar-refractivity contribution is 7.15. The maximum atomic E-state index is 13.6. The number of benzene rings is 2. The van der Waals surface area contributed by atoms with Crippen LogP contribution in [0.5, 0.6) is 0 Å². The van der Waals surface area contributed by atoms with Crippen LogP contribution in [0.3, 0.4) is 0 Å². The first kappa shape index (κ1) is 22.1. The second-order valence-electron chi connectivity index (χ2n) is 8.25. The second kappa shape index (κ2) is 9.18. The molecule has 0 radical (unpaired) electrons. The molecule has 0 bridgehead atoms. The lowest BCUT2D eigenvalue weighted by Gasteiger charge is -2.37. The van der Waals surface area contributed by atoms with Gasteiger partial charge < -0.3 is 20.1 Å². The van der Waals surface area contributed by atoms with E-state index in [4.69, 9.17) is 4.74 Å². The molecule has 3 N–H and O–H groups in total. The van der Waals surface area contributed by atoms with Gasteiger partial charge in [0.15, 0.2) is 0 Å². The molecule has 0 spiro atoms. The van der Waals surface area contributed by atoms with Crippen molar-refractivity contribution in [3.8, 4) is 10.4 Å². The van der Waals surface area contributed by atoms with Crippen molar-refractivity contribution in [1.82, 2.24) is 0 Å². The molecule has 164 valence electrons. The van der Waals surface area contributed by atoms with Gasteiger partial charge in [-0.3, -0.25) is 0 Å². The van der Waals surface area contributed by atoms with Gasteiger partial charge in [0.2, 0.25) is 0 Å². The lowest BCUT2D eigenvalue weighted by atomic mass is 9.91. The van der Waals surface area contributed by atoms with E-state index in [0.717, 1.165) is 33.6 Å². The molecule has 4 rings (SSSR count). The normalized spacial score (nSPS) is 23.8. The smallest absolute Gasteiger partial charge is 0.126 e. The average Bonchev–Trinajstić information content (AvgIpc) is 3.22. The van der Waals surface area contributed by atoms with Gasteiger partial charge in [-0.1, -0.05) is 24.3 Å². The van der Waals surface area contributed by atoms with E-state index >= 15 is 0 Å². The Hall–Kier alpha value is -2.09. The van der Waals surface area contributed by atoms with Crippen LogP contribution in [-0.4, -0.2) is 40.2 Å². The Morgan fingerprint density at radius 2 is 1.84 bits per heavy atom. The Balaban J connectivity index is 1.57. The molecule has 2 heterocycles. The van der Waals surface area contributed by atoms with E-state index in [2.05, 4.69) is 12.1 Å². The number of hydrogen-bond acceptors (Lipinski definition) is 5. The van der Waals surface area contributed by atoms with Crippen LogP contribution in [0.2, 0.25) is 0 Å². The zero-order chi connectivity index (χ0) is 22.1. The van der Waals surface area contributed by atoms with E-state index in [-0.39, 0.29) is 18.8 Å². The maximum Gasteiger partial charge on any atom is 0.126 e. The van der Waals surface area contributed by atoms with E-state index in [1.165, 1.54) is 10.9 Å². The van der Waals surface area contributed by atoms with E-state index in [9.17, 15) is 19.7 Å². The van der Waals surface area contributed by atoms with Gasteiger partial charge in [-0.15, -0.1) is 11.3 Å². The summed E-state index contributed by atoms with van der Waals surface area (Å²) in [6, 6.07) is 15.2. The van der Waals surface area contributed by atoms with E-state index in [1.54, 1.807) is 24.3 Å². The molecule has 1 aliphatic rings. The minimum Gasteiger partial charge on any atom is -0.394 e. The van der Waals surface area contributed by atoms with Crippen molar-refractivity contribution in [1.29, 1.82) is 0 Å². The third-order valence-electron chi connectivity index (χ3n) is 5.92. The number of ether oxygens (including phenoxy) is 1. The Kier molecular flexibility index (Phi) is 6.55. The van der Waals surface area contributed by atoms with Gasteiger partial charge in [-0.25, -0.2) is 4.39 Å². The summed E-state index contributed by atoms with van der Waals surface area (Å²) in [6.07, 6.45) is -2.20. The lowest BCUT2D eigenvalue weighted by Crippen LogP contribution is -2.44. The van der Waals surface area contributed by atoms with Gasteiger partial charge in [0.05, 0.1) is 18.8 Å². The van der Waals surface area contributed by atoms with Crippen LogP contribution in [0.25, 0.3) is 10.4 Å². The van der Waals surface area contributed by atoms with Crippen LogP contribution < -0.4 is 0 Å². The van der Waals surface area contributed by atoms with Crippen molar-refractivity contribution in [3.05, 3.63) is 81.5 Å². The summed E-state index contributed by atoms with van der Waals surface area (Å²) in [6.45, 7) is 3.61. The molecule has 0 saturated carbocycles. The highest BCUT2D eigenvalue weighted by Crippen LogP contribution is 2.35. The molecule has 1 aromatic heterocycles. The lowest BCUT2D eigenvalue weighted by molar-refractivity contribution is -0.179. The summed E-state index contributed by atoms with van der Waals surface area (Å²) in [5, 5.41) is 30.0. The van der Waals surface area contributed by atoms with Crippen LogP contribution in [0, 0.1) is 19.7 Å². The van der Waals surface area contributed by atoms with Gasteiger partial charge in [0.25, 0.3) is 0 Å². The van der Waals surface area contributed by atoms with Gasteiger partial charge in [-0.05, 0) is 65.9 Å². The number of aliphatic hydroxyl groups excluding tert-OH is 3. The molecule has 0 aliphatic carbocycles. The van der Waals surface area contributed by atoms with Gasteiger partial charge in [0.1, 0.15) is 18.0 Å². The summed E-state index contributed by atoms with van der Waals surface area (Å²) < 4.78 is 19.4. The predicted molar refractivity (Wildman–Crippen MR) is 120 cm³/mol. The number of aryl methyl sites for hydroxylation is 2. The summed E-state index contributed by atoms with van der Waals surface area (Å²) in [5.41, 5.74) is 4.66. The maximum absolute atomic E-state index is 13.6. The minimum absolute atomic E-state index is 0.195. The molecule has 6 heteroatoms. The first-order valence-corrected chi connectivity index (χ1v) is 11.2. The molecule has 1 unspecified atom stereocenters. The SMILES string of the molecule is Cc1cc(-c2ccc(Cc3cc([C@@H]4O[C@H](CO)C[C@H](O)C4O)ccc3C)s2)ccc1F. The summed E-state index contributed by atoms with van der Waals surface area (Å²) in [7, 11) is 0. The van der Waals surface area contributed by atoms with E-state index < -0.39 is 24.4 Å². The quantitative estimate of drug-likeness (QED) is 0.551. The molecule has 3 aromatic rings. The minimum atomic E-state index is -1.03. The largest absolute Gasteiger partial charge is 0.394 e. The summed E-state index contributed by atoms with van der Waals surface area (Å²) in [5.74, 6) is -0.200. The molecule has 4 atom stereocenters. The van der Waals surface area contributed by atoms with Crippen LogP contribution in [0.1, 0.15) is 39.7 Å². The zero-order valence-electron chi connectivity index (χ0n) is 17.6. The van der Waals surface area contributed by atoms with Crippen molar-refractivity contribution in [2.45, 2.75) is 51.1 Å². The zero-order valence-corrected chi connectivity index (χ0v) is 18.4. The van der Waals surface area contributed by atoms with Crippen LogP contribution >= 0.6 is 11.3 Å². The fourth-order valence-electron chi connectivity index (χ4n) is 4.02. The Labute approximate surface area is 185 Å². The second-order valence-corrected chi connectivity index (χ2v) is 9.42. The van der Waals surface area contributed by atoms with Crippen molar-refractivity contribution < 1.29 is 24.4 Å². The fourth-order valence-corrected chi connectivity index (χ4v) is 5.05. The van der Waals surface area contributed by atoms with Gasteiger partial charge >= 0.3 is 0 Å². The number of halogens is 1. The van der Waals surface area contributed by atoms with Crippen molar-refractivity contribution in [2.75, 3.05) is 6.61 Å². The van der Waals surface area contributed by atoms with Crippen molar-refractivity contribution >= 4 is 11.3 Å². The predicted octanol–water partition coefficient (Wildman–Crippen LogP) is 4.31. The van der Waals surface area contributed by atoms with Crippen molar-refractivity contribution in [2.24, 2.45) is 0 Å². The van der Waals surface area contributed by atoms with Gasteiger partial charge in [0, 0.05) is 22.6 Å². The Morgan fingerprint density at radius 3 is 2.58 bits per heavy atom. The highest BCUT2D eigenvalue weighted by atomic mass is 32.1. The number of thiophene rings is 1. The molecule has 2 aromatic carbocycles. The highest BCUT2D eigenvalue weighted by Gasteiger charge is 2.37. The molecule has 0 amide bonds. The standard InChI is InChI=1S/C25H27FO4S/c1-14-3-4-17(25-24(29)22(28)12-19(13-27)30-25)10-18(14)11-20-6-8-23(31-20)16-5-7-21(26)15(2)9-16/h3-10,19,22,24-25,27-29H,11-13H2,1-2H3/t19-,22-,24?,25-/m0/s1. The molecule has 4 nitrogen and oxygen atoms in total. The van der Waals surface area contributed by atoms with Crippen LogP contribution in [0.4, 0.5) is 4.39 Å². The third kappa shape index (κ3) is 4.73. The molecular formula is C25H27FO4S. The Bertz CT molecular complexity index is 1060. The average molecular weight is 443 g/mol. The monoisotopic (exact) mass is 442 g/mol. The van der Waals surface area contributed by atoms with E-state index in [0.29, 0.717) is 5.56 Å². The first-order valence-electron chi connectivity index (χ1n) is 10.4. The summed E-state index contributed by atoms with van der Waals surface area (Å²) in [4.78, 5) is 2.27. The Morgan fingerprint density at radius 1 is 1.03 bits per heavy atom. The summed E-state index contributed by atoms with van der Waals surface area (Å²) >= 11 is 1.67. The third-order valence-corrected chi connectivity index (χ3v) is 7.06. The molecule has 1 saturated heterocycles. The fraction of sp³-hybridized carbons (Fsp3) is 0.360. The first-order chi connectivity index (χ1) is 14.9. The van der Waals surface area contributed by atoms with Crippen LogP contribution in [-0.2, 0) is 11.2 Å². The van der Waals surface area contributed by atoms with Gasteiger partial charge in [-0.2, -0.15) is 0 Å². The number of rotatable bonds is 5.